The maximum absolute atomic E-state index is 11.3. The first-order valence-electron chi connectivity index (χ1n) is 23.2. The standard InChI is InChI=1S/C63H42N4O2/c1-41(52(37-38-65-2)66-54-27-11-3-19-44(54)62(45-20-4-12-28-55(45)66)48-23-7-15-31-58(48)68-59-32-16-8-24-49(59)62)42-35-36-53(43(39-42)40-64)67-56-29-13-5-21-46(56)63(47-22-6-14-30-57(47)67)50-25-9-17-33-60(50)69-61-34-18-10-26-51(61)63/h3-39H,2H2,1H3/b38-37-,52-41-. The monoisotopic (exact) mass is 886 g/mol. The van der Waals surface area contributed by atoms with Gasteiger partial charge < -0.3 is 19.3 Å². The first-order chi connectivity index (χ1) is 34.1. The van der Waals surface area contributed by atoms with Gasteiger partial charge in [0.1, 0.15) is 29.1 Å². The molecule has 0 aliphatic carbocycles. The Hall–Kier alpha value is -9.18. The molecule has 0 N–H and O–H groups in total. The minimum atomic E-state index is -0.684. The Labute approximate surface area is 401 Å². The van der Waals surface area contributed by atoms with Gasteiger partial charge in [-0.1, -0.05) is 152 Å². The van der Waals surface area contributed by atoms with Gasteiger partial charge in [0.25, 0.3) is 0 Å². The van der Waals surface area contributed by atoms with Gasteiger partial charge in [-0.15, -0.1) is 0 Å². The molecule has 0 radical (unpaired) electrons. The summed E-state index contributed by atoms with van der Waals surface area (Å²) in [6.07, 6.45) is 3.77. The summed E-state index contributed by atoms with van der Waals surface area (Å²) in [6.45, 7) is 5.98. The Balaban J connectivity index is 1.00. The minimum Gasteiger partial charge on any atom is -0.457 e. The van der Waals surface area contributed by atoms with Gasteiger partial charge in [-0.25, -0.2) is 0 Å². The van der Waals surface area contributed by atoms with Crippen molar-refractivity contribution in [3.05, 3.63) is 286 Å². The van der Waals surface area contributed by atoms with Crippen LogP contribution in [0.4, 0.5) is 28.4 Å². The molecular weight excluding hydrogens is 845 g/mol. The van der Waals surface area contributed by atoms with Crippen molar-refractivity contribution in [1.29, 1.82) is 5.26 Å². The van der Waals surface area contributed by atoms with E-state index in [1.807, 2.05) is 36.4 Å². The van der Waals surface area contributed by atoms with Crippen LogP contribution in [0.15, 0.2) is 235 Å². The molecule has 4 aliphatic rings. The van der Waals surface area contributed by atoms with Gasteiger partial charge in [0.15, 0.2) is 0 Å². The van der Waals surface area contributed by atoms with Gasteiger partial charge in [-0.3, -0.25) is 4.99 Å². The molecule has 6 nitrogen and oxygen atoms in total. The van der Waals surface area contributed by atoms with Crippen molar-refractivity contribution in [2.45, 2.75) is 17.8 Å². The van der Waals surface area contributed by atoms with Crippen LogP contribution in [-0.4, -0.2) is 6.72 Å². The molecule has 0 atom stereocenters. The quantitative estimate of drug-likeness (QED) is 0.127. The number of rotatable bonds is 5. The van der Waals surface area contributed by atoms with E-state index < -0.39 is 10.8 Å². The molecule has 13 rings (SSSR count). The summed E-state index contributed by atoms with van der Waals surface area (Å²) in [7, 11) is 0. The molecule has 326 valence electrons. The van der Waals surface area contributed by atoms with Crippen LogP contribution >= 0.6 is 0 Å². The van der Waals surface area contributed by atoms with Crippen molar-refractivity contribution in [2.24, 2.45) is 4.99 Å². The predicted molar refractivity (Wildman–Crippen MR) is 276 cm³/mol. The fraction of sp³-hybridized carbons (Fsp3) is 0.0476. The molecule has 0 bridgehead atoms. The lowest BCUT2D eigenvalue weighted by Gasteiger charge is -2.49. The van der Waals surface area contributed by atoms with Crippen LogP contribution in [0.2, 0.25) is 0 Å². The van der Waals surface area contributed by atoms with E-state index >= 15 is 0 Å². The van der Waals surface area contributed by atoms with E-state index in [0.717, 1.165) is 113 Å². The van der Waals surface area contributed by atoms with E-state index in [4.69, 9.17) is 9.47 Å². The van der Waals surface area contributed by atoms with E-state index in [1.165, 1.54) is 0 Å². The molecule has 69 heavy (non-hydrogen) atoms. The van der Waals surface area contributed by atoms with Crippen molar-refractivity contribution in [3.8, 4) is 29.1 Å². The molecule has 0 unspecified atom stereocenters. The fourth-order valence-corrected chi connectivity index (χ4v) is 11.9. The van der Waals surface area contributed by atoms with Gasteiger partial charge in [0, 0.05) is 28.5 Å². The Morgan fingerprint density at radius 3 is 1.25 bits per heavy atom. The summed E-state index contributed by atoms with van der Waals surface area (Å²) in [4.78, 5) is 8.85. The molecule has 4 aliphatic heterocycles. The van der Waals surface area contributed by atoms with Crippen LogP contribution < -0.4 is 19.3 Å². The number of nitriles is 1. The topological polar surface area (TPSA) is 61.1 Å². The Bertz CT molecular complexity index is 3540. The van der Waals surface area contributed by atoms with Crippen LogP contribution in [-0.2, 0) is 10.8 Å². The molecule has 6 heteroatoms. The highest BCUT2D eigenvalue weighted by Crippen LogP contribution is 2.64. The number of fused-ring (bicyclic) bond motifs is 16. The second-order valence-corrected chi connectivity index (χ2v) is 17.8. The molecule has 0 amide bonds. The summed E-state index contributed by atoms with van der Waals surface area (Å²) in [5.41, 5.74) is 15.5. The van der Waals surface area contributed by atoms with Gasteiger partial charge in [-0.2, -0.15) is 5.26 Å². The van der Waals surface area contributed by atoms with Crippen LogP contribution in [0, 0.1) is 11.3 Å². The third-order valence-electron chi connectivity index (χ3n) is 14.6. The molecule has 9 aromatic carbocycles. The van der Waals surface area contributed by atoms with Crippen LogP contribution in [0.1, 0.15) is 62.6 Å². The molecule has 0 aromatic heterocycles. The van der Waals surface area contributed by atoms with Gasteiger partial charge in [-0.05, 0) is 114 Å². The number of benzene rings is 9. The average molecular weight is 887 g/mol. The third kappa shape index (κ3) is 5.50. The SMILES string of the molecule is C=N/C=C\C(=C(/C)c1ccc(N2c3ccccc3C3(c4ccccc4Oc4ccccc43)c3ccccc32)c(C#N)c1)N1c2ccccc2C2(c3ccccc3Oc3ccccc32)c2ccccc21. The predicted octanol–water partition coefficient (Wildman–Crippen LogP) is 15.4. The zero-order valence-corrected chi connectivity index (χ0v) is 37.7. The van der Waals surface area contributed by atoms with Crippen molar-refractivity contribution in [2.75, 3.05) is 9.80 Å². The van der Waals surface area contributed by atoms with Crippen molar-refractivity contribution in [3.63, 3.8) is 0 Å². The van der Waals surface area contributed by atoms with Crippen molar-refractivity contribution in [1.82, 2.24) is 0 Å². The number of ether oxygens (including phenoxy) is 2. The Morgan fingerprint density at radius 2 is 0.841 bits per heavy atom. The van der Waals surface area contributed by atoms with Gasteiger partial charge in [0.2, 0.25) is 0 Å². The number of anilines is 5. The number of aliphatic imine (C=N–C) groups is 1. The highest BCUT2D eigenvalue weighted by molar-refractivity contribution is 5.94. The van der Waals surface area contributed by atoms with Crippen LogP contribution in [0.5, 0.6) is 23.0 Å². The summed E-state index contributed by atoms with van der Waals surface area (Å²) >= 11 is 0. The second-order valence-electron chi connectivity index (χ2n) is 17.8. The van der Waals surface area contributed by atoms with Gasteiger partial charge >= 0.3 is 0 Å². The number of nitrogens with zero attached hydrogens (tertiary/aromatic N) is 4. The molecular formula is C63H42N4O2. The summed E-state index contributed by atoms with van der Waals surface area (Å²) in [6, 6.07) is 77.0. The number of hydrogen-bond donors (Lipinski definition) is 0. The molecule has 0 fully saturated rings. The van der Waals surface area contributed by atoms with Crippen LogP contribution in [0.3, 0.4) is 0 Å². The second kappa shape index (κ2) is 15.4. The molecule has 0 saturated carbocycles. The van der Waals surface area contributed by atoms with E-state index in [0.29, 0.717) is 5.56 Å². The van der Waals surface area contributed by atoms with E-state index in [1.54, 1.807) is 6.20 Å². The lowest BCUT2D eigenvalue weighted by atomic mass is 9.61. The molecule has 9 aromatic rings. The lowest BCUT2D eigenvalue weighted by Crippen LogP contribution is -2.40. The largest absolute Gasteiger partial charge is 0.457 e. The lowest BCUT2D eigenvalue weighted by molar-refractivity contribution is 0.433. The van der Waals surface area contributed by atoms with Gasteiger partial charge in [0.05, 0.1) is 50.5 Å². The average Bonchev–Trinajstić information content (AvgIpc) is 3.41. The number of allylic oxidation sites excluding steroid dienone is 2. The van der Waals surface area contributed by atoms with Crippen LogP contribution in [0.25, 0.3) is 5.57 Å². The minimum absolute atomic E-state index is 0.541. The van der Waals surface area contributed by atoms with Crippen molar-refractivity contribution >= 4 is 40.7 Å². The first kappa shape index (κ1) is 40.1. The molecule has 4 heterocycles. The maximum Gasteiger partial charge on any atom is 0.132 e. The number of para-hydroxylation sites is 8. The highest BCUT2D eigenvalue weighted by atomic mass is 16.5. The Morgan fingerprint density at radius 1 is 0.478 bits per heavy atom. The number of hydrogen-bond acceptors (Lipinski definition) is 6. The molecule has 0 saturated heterocycles. The normalized spacial score (nSPS) is 15.1. The summed E-state index contributed by atoms with van der Waals surface area (Å²) in [5.74, 6) is 3.31. The first-order valence-corrected chi connectivity index (χ1v) is 23.2. The smallest absolute Gasteiger partial charge is 0.132 e. The third-order valence-corrected chi connectivity index (χ3v) is 14.6. The van der Waals surface area contributed by atoms with Crippen molar-refractivity contribution < 1.29 is 9.47 Å². The van der Waals surface area contributed by atoms with E-state index in [-0.39, 0.29) is 0 Å². The zero-order chi connectivity index (χ0) is 46.3. The fourth-order valence-electron chi connectivity index (χ4n) is 11.9. The Kier molecular flexibility index (Phi) is 8.98. The summed E-state index contributed by atoms with van der Waals surface area (Å²) in [5, 5.41) is 11.3. The maximum atomic E-state index is 11.3. The summed E-state index contributed by atoms with van der Waals surface area (Å²) < 4.78 is 13.3. The van der Waals surface area contributed by atoms with E-state index in [9.17, 15) is 5.26 Å². The van der Waals surface area contributed by atoms with E-state index in [2.05, 4.69) is 216 Å². The highest BCUT2D eigenvalue weighted by Gasteiger charge is 2.53. The zero-order valence-electron chi connectivity index (χ0n) is 37.7. The molecule has 2 spiro atoms.